The van der Waals surface area contributed by atoms with Gasteiger partial charge in [-0.2, -0.15) is 173 Å². The molecule has 0 radical (unpaired) electrons. The van der Waals surface area contributed by atoms with E-state index in [1.807, 2.05) is 0 Å². The summed E-state index contributed by atoms with van der Waals surface area (Å²) in [5.41, 5.74) is 0. The van der Waals surface area contributed by atoms with E-state index in [1.54, 1.807) is 0 Å². The highest BCUT2D eigenvalue weighted by Gasteiger charge is 2.97. The van der Waals surface area contributed by atoms with Gasteiger partial charge < -0.3 is 139 Å². The summed E-state index contributed by atoms with van der Waals surface area (Å²) in [7, 11) is 0. The van der Waals surface area contributed by atoms with E-state index in [0.717, 1.165) is 0 Å². The molecular formula is C58H70F34O28S2. The van der Waals surface area contributed by atoms with Gasteiger partial charge >= 0.3 is 95.3 Å². The Morgan fingerprint density at radius 2 is 0.352 bits per heavy atom. The van der Waals surface area contributed by atoms with Gasteiger partial charge in [0.25, 0.3) is 0 Å². The van der Waals surface area contributed by atoms with Gasteiger partial charge in [-0.1, -0.05) is 0 Å². The van der Waals surface area contributed by atoms with Crippen LogP contribution in [-0.2, 0) is 56.8 Å². The molecule has 22 aliphatic heterocycles. The van der Waals surface area contributed by atoms with Crippen LogP contribution in [0.15, 0.2) is 0 Å². The molecule has 0 spiro atoms. The van der Waals surface area contributed by atoms with Crippen molar-refractivity contribution in [1.82, 2.24) is 0 Å². The van der Waals surface area contributed by atoms with Crippen LogP contribution in [0, 0.1) is 0 Å². The summed E-state index contributed by atoms with van der Waals surface area (Å²) in [6.07, 6.45) is -103. The van der Waals surface area contributed by atoms with Crippen molar-refractivity contribution in [2.75, 3.05) is 49.4 Å². The number of halogens is 34. The van der Waals surface area contributed by atoms with E-state index in [9.17, 15) is 213 Å². The van der Waals surface area contributed by atoms with Gasteiger partial charge in [0.1, 0.15) is 134 Å². The maximum atomic E-state index is 15.0. The van der Waals surface area contributed by atoms with Gasteiger partial charge in [0, 0.05) is 24.3 Å². The average Bonchev–Trinajstić information content (AvgIpc) is 0.697. The summed E-state index contributed by atoms with van der Waals surface area (Å²) >= 11 is -0.0975. The quantitative estimate of drug-likeness (QED) is 0.0393. The minimum Gasteiger partial charge on any atom is -0.394 e. The molecule has 12 bridgehead atoms. The molecule has 22 fully saturated rings. The highest BCUT2D eigenvalue weighted by Crippen LogP contribution is 2.67. The Bertz CT molecular complexity index is 3170. The van der Waals surface area contributed by atoms with Crippen molar-refractivity contribution in [1.29, 1.82) is 0 Å². The first-order chi connectivity index (χ1) is 55.2. The number of rotatable bonds is 28. The van der Waals surface area contributed by atoms with E-state index in [2.05, 4.69) is 0 Å². The summed E-state index contributed by atoms with van der Waals surface area (Å²) in [4.78, 5) is 0. The monoisotopic (exact) mass is 1920 g/mol. The molecule has 22 saturated heterocycles. The minimum atomic E-state index is -8.97. The zero-order chi connectivity index (χ0) is 93.7. The van der Waals surface area contributed by atoms with Crippen molar-refractivity contribution in [2.45, 2.75) is 305 Å². The maximum absolute atomic E-state index is 15.0. The summed E-state index contributed by atoms with van der Waals surface area (Å²) < 4.78 is 543. The van der Waals surface area contributed by atoms with Gasteiger partial charge in [-0.3, -0.25) is 0 Å². The second kappa shape index (κ2) is 37.1. The third kappa shape index (κ3) is 18.4. The van der Waals surface area contributed by atoms with Crippen molar-refractivity contribution >= 4 is 23.5 Å². The van der Waals surface area contributed by atoms with Crippen LogP contribution in [0.1, 0.15) is 25.7 Å². The summed E-state index contributed by atoms with van der Waals surface area (Å²) in [5.74, 6) is -123. The first-order valence-electron chi connectivity index (χ1n) is 34.3. The summed E-state index contributed by atoms with van der Waals surface area (Å²) in [5, 5.41) is 180. The van der Waals surface area contributed by atoms with Gasteiger partial charge in [-0.05, 0) is 24.3 Å². The Labute approximate surface area is 664 Å². The predicted molar refractivity (Wildman–Crippen MR) is 316 cm³/mol. The van der Waals surface area contributed by atoms with Crippen LogP contribution in [0.2, 0.25) is 0 Å². The third-order valence-electron chi connectivity index (χ3n) is 20.0. The Balaban J connectivity index is 1.17. The van der Waals surface area contributed by atoms with E-state index >= 15 is 17.6 Å². The second-order valence-electron chi connectivity index (χ2n) is 28.1. The highest BCUT2D eigenvalue weighted by atomic mass is 32.2. The van der Waals surface area contributed by atoms with Crippen LogP contribution >= 0.6 is 23.5 Å². The lowest BCUT2D eigenvalue weighted by atomic mass is 9.88. The number of hydrogen-bond donors (Lipinski definition) is 16. The molecule has 0 aromatic rings. The van der Waals surface area contributed by atoms with E-state index in [4.69, 9.17) is 56.8 Å². The van der Waals surface area contributed by atoms with Crippen LogP contribution in [0.25, 0.3) is 0 Å². The van der Waals surface area contributed by atoms with Crippen LogP contribution in [0.4, 0.5) is 149 Å². The number of hydrogen-bond acceptors (Lipinski definition) is 30. The predicted octanol–water partition coefficient (Wildman–Crippen LogP) is 2.01. The van der Waals surface area contributed by atoms with Crippen LogP contribution in [0.3, 0.4) is 0 Å². The molecular weight excluding hydrogens is 1850 g/mol. The number of alkyl halides is 34. The largest absolute Gasteiger partial charge is 0.460 e. The van der Waals surface area contributed by atoms with E-state index in [0.29, 0.717) is 0 Å². The SMILES string of the molecule is OCC1OC2OC3C(CSCCCC(F)(F)C(F)(F)C(F)(F)C(F)(F)C(F)(F)C(F)(F)C(F)(F)C(F)(F)F)OC(OC4C(CO)OC(OC5C(CO)OC(OC6C(CSCCCC(F)(F)C(F)(F)C(F)(F)C(F)(F)C(F)(F)C(F)(F)C(F)(F)C(F)(F)F)OC(OC7C(CO)OC(OC1C(O)C2O)C(O)C7O)C(O)C6O)C(O)C5O)C(O)C4O)C(O)C3O. The zero-order valence-corrected chi connectivity index (χ0v) is 61.2. The van der Waals surface area contributed by atoms with Crippen molar-refractivity contribution in [3.63, 3.8) is 0 Å². The molecule has 720 valence electrons. The van der Waals surface area contributed by atoms with Crippen LogP contribution in [0.5, 0.6) is 0 Å². The van der Waals surface area contributed by atoms with Gasteiger partial charge in [-0.15, -0.1) is 0 Å². The molecule has 0 amide bonds. The number of ether oxygens (including phenoxy) is 12. The first kappa shape index (κ1) is 106. The molecule has 0 aliphatic carbocycles. The van der Waals surface area contributed by atoms with E-state index < -0.39 is 355 Å². The van der Waals surface area contributed by atoms with Gasteiger partial charge in [0.15, 0.2) is 37.7 Å². The molecule has 0 saturated carbocycles. The first-order valence-corrected chi connectivity index (χ1v) is 36.6. The Morgan fingerprint density at radius 3 is 0.525 bits per heavy atom. The minimum absolute atomic E-state index is 0.0488. The van der Waals surface area contributed by atoms with Gasteiger partial charge in [-0.25, -0.2) is 0 Å². The topological polar surface area (TPSA) is 434 Å². The third-order valence-corrected chi connectivity index (χ3v) is 22.3. The van der Waals surface area contributed by atoms with Crippen molar-refractivity contribution in [3.05, 3.63) is 0 Å². The summed E-state index contributed by atoms with van der Waals surface area (Å²) in [6.45, 7) is -6.03. The average molecular weight is 1930 g/mol. The van der Waals surface area contributed by atoms with Crippen LogP contribution < -0.4 is 0 Å². The molecule has 30 atom stereocenters. The molecule has 22 aliphatic rings. The molecule has 0 aromatic heterocycles. The Morgan fingerprint density at radius 1 is 0.197 bits per heavy atom. The maximum Gasteiger partial charge on any atom is 0.460 e. The fourth-order valence-electron chi connectivity index (χ4n) is 12.8. The molecule has 28 nitrogen and oxygen atoms in total. The van der Waals surface area contributed by atoms with Gasteiger partial charge in [0.2, 0.25) is 0 Å². The fourth-order valence-corrected chi connectivity index (χ4v) is 14.8. The lowest BCUT2D eigenvalue weighted by Gasteiger charge is -2.51. The molecule has 16 N–H and O–H groups in total. The standard InChI is InChI=1S/C58H70F34O28S2/c59-43(60,45(63,64)47(67,68)49(71,72)51(75,76)53(79,80)55(83,84)57(87,88)89)3-1-5-121-11-17-35-23(101)29(107)41(113-17)117-33-15(9-95)109-37(25(103)19(33)97)116-32-14(8-94)112-40(28(106)22(32)100)120-36-18(12-122-6-2-4-44(61,62)46(65,66)48(69,70)50(73,74)52(77,78)54(81,82)56(85,86)58(90,91)92)114-42(30(108)24(36)102)118-34-16(10-96)110-38(26(104)20(34)98)115-31-13(7-93)111-39(119-35)27(105)21(31)99/h13-42,93-108H,1-12H2. The Kier molecular flexibility index (Phi) is 32.3. The lowest BCUT2D eigenvalue weighted by Crippen LogP contribution is -2.74. The second-order valence-corrected chi connectivity index (χ2v) is 30.4. The highest BCUT2D eigenvalue weighted by molar-refractivity contribution is 7.99. The van der Waals surface area contributed by atoms with Gasteiger partial charge in [0.05, 0.1) is 38.6 Å². The number of aliphatic hydroxyl groups excluding tert-OH is 16. The molecule has 64 heteroatoms. The Hall–Kier alpha value is -2.80. The number of aliphatic hydroxyl groups is 16. The fraction of sp³-hybridized carbons (Fsp3) is 1.00. The lowest BCUT2D eigenvalue weighted by molar-refractivity contribution is -0.461. The smallest absolute Gasteiger partial charge is 0.394 e. The molecule has 30 unspecified atom stereocenters. The zero-order valence-electron chi connectivity index (χ0n) is 59.5. The molecule has 0 aromatic carbocycles. The normalized spacial score (nSPS) is 37.8. The molecule has 22 rings (SSSR count). The van der Waals surface area contributed by atoms with E-state index in [1.165, 1.54) is 0 Å². The van der Waals surface area contributed by atoms with Crippen molar-refractivity contribution < 1.29 is 288 Å². The molecule has 122 heavy (non-hydrogen) atoms. The van der Waals surface area contributed by atoms with Crippen molar-refractivity contribution in [3.8, 4) is 0 Å². The molecule has 22 heterocycles. The van der Waals surface area contributed by atoms with Crippen LogP contribution in [-0.4, -0.2) is 411 Å². The summed E-state index contributed by atoms with van der Waals surface area (Å²) in [6, 6.07) is 0. The number of thioether (sulfide) groups is 2. The van der Waals surface area contributed by atoms with Crippen molar-refractivity contribution in [2.24, 2.45) is 0 Å². The van der Waals surface area contributed by atoms with E-state index in [-0.39, 0.29) is 23.5 Å².